The van der Waals surface area contributed by atoms with Crippen LogP contribution in [0.3, 0.4) is 0 Å². The third kappa shape index (κ3) is 279. The van der Waals surface area contributed by atoms with Gasteiger partial charge in [-0.25, -0.2) is 0 Å². The van der Waals surface area contributed by atoms with E-state index in [4.69, 9.17) is 0 Å². The van der Waals surface area contributed by atoms with E-state index in [1.165, 1.54) is 0 Å². The molecular weight excluding hydrogens is 472 g/mol. The van der Waals surface area contributed by atoms with E-state index < -0.39 is 0 Å². The van der Waals surface area contributed by atoms with Crippen LogP contribution in [0.1, 0.15) is 0 Å². The molecule has 0 saturated carbocycles. The van der Waals surface area contributed by atoms with E-state index in [1.807, 2.05) is 0 Å². The SMILES string of the molecule is [Co+2].[Co+2].[Fe+3].[Fe+3].[O-2].[O-2].[O-2].[O-2].[O-2].[O-2].[O-2].[Zn+2].[Zn+2]. The Kier molecular flexibility index (Phi) is 9880. The molecule has 7 nitrogen and oxygen atoms in total. The van der Waals surface area contributed by atoms with Crippen LogP contribution in [0.25, 0.3) is 0 Å². The molecule has 80 valence electrons. The summed E-state index contributed by atoms with van der Waals surface area (Å²) in [5.41, 5.74) is 0. The van der Waals surface area contributed by atoms with Crippen molar-refractivity contribution in [2.24, 2.45) is 0 Å². The predicted molar refractivity (Wildman–Crippen MR) is 4.81 cm³/mol. The molecule has 0 aromatic carbocycles. The van der Waals surface area contributed by atoms with Crippen molar-refractivity contribution in [2.45, 2.75) is 0 Å². The Bertz CT molecular complexity index is 22.5. The molecule has 0 aliphatic heterocycles. The monoisotopic (exact) mass is 470 g/mol. The molecule has 0 aliphatic rings. The topological polar surface area (TPSA) is 200 Å². The molecule has 0 unspecified atom stereocenters. The summed E-state index contributed by atoms with van der Waals surface area (Å²) in [6.07, 6.45) is 0. The number of rotatable bonds is 0. The second kappa shape index (κ2) is 324. The molecule has 0 amide bonds. The van der Waals surface area contributed by atoms with E-state index in [0.717, 1.165) is 0 Å². The Morgan fingerprint density at radius 3 is 0.308 bits per heavy atom. The van der Waals surface area contributed by atoms with Gasteiger partial charge in [0.1, 0.15) is 0 Å². The van der Waals surface area contributed by atoms with Gasteiger partial charge in [0.15, 0.2) is 0 Å². The maximum atomic E-state index is 0. The summed E-state index contributed by atoms with van der Waals surface area (Å²) in [5.74, 6) is 0. The van der Waals surface area contributed by atoms with Crippen LogP contribution in [0.4, 0.5) is 0 Å². The van der Waals surface area contributed by atoms with Gasteiger partial charge >= 0.3 is 107 Å². The molecule has 0 aliphatic carbocycles. The Morgan fingerprint density at radius 1 is 0.308 bits per heavy atom. The summed E-state index contributed by atoms with van der Waals surface area (Å²) in [5, 5.41) is 0. The van der Waals surface area contributed by atoms with Crippen molar-refractivity contribution >= 4 is 0 Å². The standard InChI is InChI=1S/2Co.2Fe.7O.2Zn/q2*+2;2*+3;7*-2;2*+2. The van der Waals surface area contributed by atoms with Gasteiger partial charge in [-0.05, 0) is 0 Å². The Balaban J connectivity index is 0. The van der Waals surface area contributed by atoms with Gasteiger partial charge in [0.2, 0.25) is 0 Å². The third-order valence-corrected chi connectivity index (χ3v) is 0. The summed E-state index contributed by atoms with van der Waals surface area (Å²) in [7, 11) is 0. The van der Waals surface area contributed by atoms with Crippen LogP contribution >= 0.6 is 0 Å². The van der Waals surface area contributed by atoms with Gasteiger partial charge in [-0.3, -0.25) is 0 Å². The molecule has 0 aromatic rings. The van der Waals surface area contributed by atoms with E-state index in [2.05, 4.69) is 0 Å². The minimum atomic E-state index is 0. The van der Waals surface area contributed by atoms with E-state index in [0.29, 0.717) is 0 Å². The summed E-state index contributed by atoms with van der Waals surface area (Å²) in [6, 6.07) is 0. The molecule has 4 radical (unpaired) electrons. The Hall–Kier alpha value is 3.02. The van der Waals surface area contributed by atoms with Gasteiger partial charge in [0, 0.05) is 0 Å². The van der Waals surface area contributed by atoms with Crippen LogP contribution in [0.2, 0.25) is 0 Å². The molecule has 0 fully saturated rings. The predicted octanol–water partition coefficient (Wildman–Crippen LogP) is -0.847. The molecule has 0 saturated heterocycles. The maximum absolute atomic E-state index is 0. The Morgan fingerprint density at radius 2 is 0.308 bits per heavy atom. The first-order chi connectivity index (χ1) is 0. The van der Waals surface area contributed by atoms with Gasteiger partial charge in [-0.2, -0.15) is 0 Å². The van der Waals surface area contributed by atoms with Crippen LogP contribution in [0.5, 0.6) is 0 Å². The van der Waals surface area contributed by atoms with Crippen LogP contribution < -0.4 is 0 Å². The van der Waals surface area contributed by atoms with Crippen molar-refractivity contribution in [3.8, 4) is 0 Å². The minimum absolute atomic E-state index is 0. The second-order valence-corrected chi connectivity index (χ2v) is 0. The normalized spacial score (nSPS) is 0. The molecule has 0 rings (SSSR count). The fourth-order valence-electron chi connectivity index (χ4n) is 0. The molecule has 0 bridgehead atoms. The molecule has 0 N–H and O–H groups in total. The summed E-state index contributed by atoms with van der Waals surface area (Å²) in [6.45, 7) is 0. The molecule has 0 atom stereocenters. The van der Waals surface area contributed by atoms with Gasteiger partial charge < -0.3 is 38.3 Å². The van der Waals surface area contributed by atoms with Crippen molar-refractivity contribution < 1.29 is 145 Å². The van der Waals surface area contributed by atoms with E-state index >= 15 is 0 Å². The van der Waals surface area contributed by atoms with Crippen LogP contribution in [-0.2, 0) is 145 Å². The number of hydrogen-bond donors (Lipinski definition) is 0. The third-order valence-electron chi connectivity index (χ3n) is 0. The number of hydrogen-bond acceptors (Lipinski definition) is 0. The van der Waals surface area contributed by atoms with Crippen LogP contribution in [0.15, 0.2) is 0 Å². The fraction of sp³-hybridized carbons (Fsp3) is 0. The van der Waals surface area contributed by atoms with Gasteiger partial charge in [0.25, 0.3) is 0 Å². The molecular formula is Co2Fe2O7Zn2. The van der Waals surface area contributed by atoms with Gasteiger partial charge in [0.05, 0.1) is 0 Å². The minimum Gasteiger partial charge on any atom is -2.00 e. The van der Waals surface area contributed by atoms with Crippen molar-refractivity contribution in [3.63, 3.8) is 0 Å². The first-order valence-corrected chi connectivity index (χ1v) is 0. The smallest absolute Gasteiger partial charge is 2.00 e. The average Bonchev–Trinajstić information content (AvgIpc) is 0. The maximum Gasteiger partial charge on any atom is 3.00 e. The van der Waals surface area contributed by atoms with Crippen molar-refractivity contribution in [1.29, 1.82) is 0 Å². The first-order valence-electron chi connectivity index (χ1n) is 0. The van der Waals surface area contributed by atoms with Gasteiger partial charge in [-0.1, -0.05) is 0 Å². The van der Waals surface area contributed by atoms with Crippen LogP contribution in [-0.4, -0.2) is 0 Å². The zero-order chi connectivity index (χ0) is 0. The van der Waals surface area contributed by atoms with Crippen molar-refractivity contribution in [3.05, 3.63) is 0 Å². The van der Waals surface area contributed by atoms with E-state index in [1.54, 1.807) is 0 Å². The summed E-state index contributed by atoms with van der Waals surface area (Å²) >= 11 is 0. The van der Waals surface area contributed by atoms with E-state index in [9.17, 15) is 0 Å². The zero-order valence-corrected chi connectivity index (χ0v) is 15.9. The zero-order valence-electron chi connectivity index (χ0n) is 5.65. The summed E-state index contributed by atoms with van der Waals surface area (Å²) in [4.78, 5) is 0. The van der Waals surface area contributed by atoms with Crippen molar-refractivity contribution in [1.82, 2.24) is 0 Å². The quantitative estimate of drug-likeness (QED) is 0.396. The second-order valence-electron chi connectivity index (χ2n) is 0. The van der Waals surface area contributed by atoms with Gasteiger partial charge in [-0.15, -0.1) is 0 Å². The first kappa shape index (κ1) is 397. The van der Waals surface area contributed by atoms with Crippen molar-refractivity contribution in [2.75, 3.05) is 0 Å². The average molecular weight is 472 g/mol. The molecule has 0 heterocycles. The summed E-state index contributed by atoms with van der Waals surface area (Å²) < 4.78 is 0. The molecule has 13 heteroatoms. The van der Waals surface area contributed by atoms with Crippen LogP contribution in [0, 0.1) is 0 Å². The van der Waals surface area contributed by atoms with E-state index in [-0.39, 0.29) is 145 Å². The molecule has 13 heavy (non-hydrogen) atoms. The fourth-order valence-corrected chi connectivity index (χ4v) is 0. The molecule has 0 spiro atoms. The largest absolute Gasteiger partial charge is 3.00 e. The Labute approximate surface area is 143 Å². The molecule has 0 aromatic heterocycles.